The number of aromatic amines is 1. The summed E-state index contributed by atoms with van der Waals surface area (Å²) in [5.41, 5.74) is 9.75. The Labute approximate surface area is 314 Å². The van der Waals surface area contributed by atoms with Crippen LogP contribution in [-0.4, -0.2) is 61.4 Å². The van der Waals surface area contributed by atoms with Gasteiger partial charge in [0.05, 0.1) is 23.9 Å². The molecule has 0 aliphatic heterocycles. The third kappa shape index (κ3) is 10.3. The van der Waals surface area contributed by atoms with Crippen molar-refractivity contribution in [3.8, 4) is 22.6 Å². The Morgan fingerprint density at radius 2 is 1.70 bits per heavy atom. The zero-order valence-electron chi connectivity index (χ0n) is 32.0. The predicted molar refractivity (Wildman–Crippen MR) is 217 cm³/mol. The van der Waals surface area contributed by atoms with Gasteiger partial charge in [-0.2, -0.15) is 0 Å². The summed E-state index contributed by atoms with van der Waals surface area (Å²) in [6.07, 6.45) is 5.79. The first-order valence-corrected chi connectivity index (χ1v) is 22.0. The van der Waals surface area contributed by atoms with Crippen LogP contribution in [0.5, 0.6) is 11.5 Å². The van der Waals surface area contributed by atoms with E-state index in [0.717, 1.165) is 80.0 Å². The topological polar surface area (TPSA) is 150 Å². The summed E-state index contributed by atoms with van der Waals surface area (Å²) in [6, 6.07) is 22.5. The molecule has 1 fully saturated rings. The van der Waals surface area contributed by atoms with Crippen molar-refractivity contribution in [2.24, 2.45) is 5.73 Å². The lowest BCUT2D eigenvalue weighted by Gasteiger charge is -2.39. The average molecular weight is 743 g/mol. The highest BCUT2D eigenvalue weighted by atomic mass is 28.4. The van der Waals surface area contributed by atoms with Gasteiger partial charge in [0.2, 0.25) is 5.56 Å². The first kappa shape index (κ1) is 40.0. The molecule has 1 heterocycles. The number of ether oxygens (including phenoxy) is 1. The third-order valence-corrected chi connectivity index (χ3v) is 15.5. The van der Waals surface area contributed by atoms with E-state index in [4.69, 9.17) is 14.9 Å². The number of rotatable bonds is 16. The lowest BCUT2D eigenvalue weighted by Crippen LogP contribution is -2.44. The highest BCUT2D eigenvalue weighted by molar-refractivity contribution is 6.74. The Morgan fingerprint density at radius 1 is 0.981 bits per heavy atom. The van der Waals surface area contributed by atoms with Gasteiger partial charge in [-0.1, -0.05) is 70.0 Å². The number of carbonyl (C=O) groups is 1. The summed E-state index contributed by atoms with van der Waals surface area (Å²) < 4.78 is 13.1. The van der Waals surface area contributed by atoms with Crippen molar-refractivity contribution in [3.05, 3.63) is 88.7 Å². The average Bonchev–Trinajstić information content (AvgIpc) is 3.11. The van der Waals surface area contributed by atoms with E-state index in [0.29, 0.717) is 30.1 Å². The normalized spacial score (nSPS) is 17.1. The van der Waals surface area contributed by atoms with E-state index in [2.05, 4.69) is 44.2 Å². The van der Waals surface area contributed by atoms with Gasteiger partial charge < -0.3 is 35.4 Å². The number of phenolic OH excluding ortho intramolecular Hbond substituents is 1. The van der Waals surface area contributed by atoms with Gasteiger partial charge in [0.15, 0.2) is 8.32 Å². The van der Waals surface area contributed by atoms with Crippen molar-refractivity contribution < 1.29 is 24.2 Å². The Hall–Kier alpha value is -4.16. The Kier molecular flexibility index (Phi) is 13.4. The summed E-state index contributed by atoms with van der Waals surface area (Å²) in [5.74, 6) is 0.708. The summed E-state index contributed by atoms with van der Waals surface area (Å²) >= 11 is 0. The van der Waals surface area contributed by atoms with Crippen LogP contribution in [0.4, 0.5) is 10.5 Å². The van der Waals surface area contributed by atoms with Gasteiger partial charge in [-0.05, 0) is 98.6 Å². The first-order chi connectivity index (χ1) is 25.2. The number of H-pyrrole nitrogens is 1. The molecule has 1 saturated carbocycles. The van der Waals surface area contributed by atoms with Crippen LogP contribution >= 0.6 is 0 Å². The van der Waals surface area contributed by atoms with Crippen LogP contribution in [0, 0.1) is 0 Å². The molecule has 5 rings (SSSR count). The number of amides is 1. The minimum atomic E-state index is -2.15. The molecule has 0 spiro atoms. The molecule has 1 aromatic heterocycles. The number of unbranched alkanes of at least 4 members (excludes halogenated alkanes) is 3. The zero-order chi connectivity index (χ0) is 38.2. The number of phenols is 1. The fraction of sp³-hybridized carbons (Fsp3) is 0.476. The van der Waals surface area contributed by atoms with Crippen molar-refractivity contribution in [2.75, 3.05) is 24.6 Å². The van der Waals surface area contributed by atoms with Crippen LogP contribution in [-0.2, 0) is 4.43 Å². The standard InChI is InChI=1S/C42H58N4O6Si/c1-42(2,3)53(4,5)52-38(34-21-23-37(47)40-35(34)22-24-39(48)45-40)28-44-25-11-6-7-12-26-51-32-19-20-33(29-13-9-8-10-14-29)36(27-32)46(41(49)50)31-17-15-30(43)16-18-31/h8-10,13-14,19-24,27,30-31,38,44,47H,6-7,11-12,15-18,25-26,28,43H2,1-5H3,(H,45,48)(H,49,50)/t30?,31?,38-/m1/s1. The van der Waals surface area contributed by atoms with E-state index >= 15 is 0 Å². The van der Waals surface area contributed by atoms with Crippen LogP contribution in [0.1, 0.15) is 83.8 Å². The largest absolute Gasteiger partial charge is 0.506 e. The maximum Gasteiger partial charge on any atom is 0.412 e. The maximum atomic E-state index is 12.7. The number of carboxylic acid groups (broad SMARTS) is 1. The highest BCUT2D eigenvalue weighted by Gasteiger charge is 2.40. The number of hydrogen-bond acceptors (Lipinski definition) is 7. The number of aromatic nitrogens is 1. The van der Waals surface area contributed by atoms with E-state index in [9.17, 15) is 19.8 Å². The molecule has 0 bridgehead atoms. The fourth-order valence-corrected chi connectivity index (χ4v) is 8.17. The van der Waals surface area contributed by atoms with Gasteiger partial charge in [0, 0.05) is 41.7 Å². The van der Waals surface area contributed by atoms with E-state index in [1.54, 1.807) is 12.1 Å². The Balaban J connectivity index is 1.16. The molecular formula is C42H58N4O6Si. The SMILES string of the molecule is CC(C)(C)[Si](C)(C)O[C@H](CNCCCCCCOc1ccc(-c2ccccc2)c(N(C(=O)O)C2CCC(N)CC2)c1)c1ccc(O)c2[nH]c(=O)ccc12. The second kappa shape index (κ2) is 17.8. The smallest absolute Gasteiger partial charge is 0.412 e. The number of aromatic hydroxyl groups is 1. The molecule has 11 heteroatoms. The molecule has 10 nitrogen and oxygen atoms in total. The number of nitrogens with one attached hydrogen (secondary N) is 2. The number of fused-ring (bicyclic) bond motifs is 1. The van der Waals surface area contributed by atoms with E-state index in [-0.39, 0.29) is 34.5 Å². The summed E-state index contributed by atoms with van der Waals surface area (Å²) in [7, 11) is -2.15. The number of hydrogen-bond donors (Lipinski definition) is 5. The molecule has 1 atom stereocenters. The van der Waals surface area contributed by atoms with E-state index in [1.165, 1.54) is 11.0 Å². The predicted octanol–water partition coefficient (Wildman–Crippen LogP) is 8.95. The summed E-state index contributed by atoms with van der Waals surface area (Å²) in [6.45, 7) is 13.1. The van der Waals surface area contributed by atoms with Gasteiger partial charge >= 0.3 is 6.09 Å². The monoisotopic (exact) mass is 742 g/mol. The molecule has 6 N–H and O–H groups in total. The molecule has 1 aliphatic rings. The molecule has 0 saturated heterocycles. The molecule has 3 aromatic carbocycles. The van der Waals surface area contributed by atoms with Crippen molar-refractivity contribution in [1.82, 2.24) is 10.3 Å². The quantitative estimate of drug-likeness (QED) is 0.0564. The van der Waals surface area contributed by atoms with Gasteiger partial charge in [-0.3, -0.25) is 9.69 Å². The summed E-state index contributed by atoms with van der Waals surface area (Å²) in [5, 5.41) is 25.3. The van der Waals surface area contributed by atoms with E-state index in [1.807, 2.05) is 54.6 Å². The van der Waals surface area contributed by atoms with Gasteiger partial charge in [0.1, 0.15) is 11.5 Å². The summed E-state index contributed by atoms with van der Waals surface area (Å²) in [4.78, 5) is 29.0. The van der Waals surface area contributed by atoms with Crippen LogP contribution in [0.25, 0.3) is 22.0 Å². The second-order valence-electron chi connectivity index (χ2n) is 15.9. The Morgan fingerprint density at radius 3 is 2.40 bits per heavy atom. The molecular weight excluding hydrogens is 685 g/mol. The maximum absolute atomic E-state index is 12.7. The number of pyridine rings is 1. The number of benzene rings is 3. The van der Waals surface area contributed by atoms with Crippen LogP contribution in [0.3, 0.4) is 0 Å². The van der Waals surface area contributed by atoms with Crippen molar-refractivity contribution >= 4 is 31.0 Å². The number of nitrogens with two attached hydrogens (primary N) is 1. The van der Waals surface area contributed by atoms with Gasteiger partial charge in [0.25, 0.3) is 0 Å². The van der Waals surface area contributed by atoms with Gasteiger partial charge in [-0.25, -0.2) is 4.79 Å². The minimum Gasteiger partial charge on any atom is -0.506 e. The molecule has 1 aliphatic carbocycles. The van der Waals surface area contributed by atoms with Crippen molar-refractivity contribution in [2.45, 2.75) is 108 Å². The van der Waals surface area contributed by atoms with Crippen LogP contribution < -0.4 is 26.2 Å². The number of anilines is 1. The molecule has 53 heavy (non-hydrogen) atoms. The molecule has 0 radical (unpaired) electrons. The molecule has 1 amide bonds. The van der Waals surface area contributed by atoms with Crippen LogP contribution in [0.2, 0.25) is 18.1 Å². The number of nitrogens with zero attached hydrogens (tertiary/aromatic N) is 1. The van der Waals surface area contributed by atoms with Gasteiger partial charge in [-0.15, -0.1) is 0 Å². The zero-order valence-corrected chi connectivity index (χ0v) is 33.0. The third-order valence-electron chi connectivity index (χ3n) is 11.0. The lowest BCUT2D eigenvalue weighted by atomic mass is 9.90. The second-order valence-corrected chi connectivity index (χ2v) is 20.6. The Bertz CT molecular complexity index is 1870. The van der Waals surface area contributed by atoms with Crippen molar-refractivity contribution in [1.29, 1.82) is 0 Å². The molecule has 4 aromatic rings. The fourth-order valence-electron chi connectivity index (χ4n) is 6.89. The minimum absolute atomic E-state index is 0.0134. The first-order valence-electron chi connectivity index (χ1n) is 19.1. The highest BCUT2D eigenvalue weighted by Crippen LogP contribution is 2.41. The van der Waals surface area contributed by atoms with E-state index < -0.39 is 14.4 Å². The lowest BCUT2D eigenvalue weighted by molar-refractivity contribution is 0.181. The van der Waals surface area contributed by atoms with Crippen LogP contribution in [0.15, 0.2) is 77.6 Å². The molecule has 0 unspecified atom stereocenters. The van der Waals surface area contributed by atoms with Crippen molar-refractivity contribution in [3.63, 3.8) is 0 Å². The molecule has 286 valence electrons.